The van der Waals surface area contributed by atoms with Gasteiger partial charge in [0, 0.05) is 32.4 Å². The zero-order valence-electron chi connectivity index (χ0n) is 8.10. The molecule has 1 saturated heterocycles. The zero-order chi connectivity index (χ0) is 10.7. The van der Waals surface area contributed by atoms with E-state index in [0.29, 0.717) is 31.9 Å². The fourth-order valence-electron chi connectivity index (χ4n) is 1.40. The molecule has 0 radical (unpaired) electrons. The average molecular weight is 231 g/mol. The molecule has 0 aliphatic carbocycles. The molecule has 0 aromatic carbocycles. The maximum atomic E-state index is 11.8. The lowest BCUT2D eigenvalue weighted by atomic mass is 10.4. The first-order valence-corrected chi connectivity index (χ1v) is 6.10. The Hall–Kier alpha value is -1.12. The highest BCUT2D eigenvalue weighted by Gasteiger charge is 2.23. The molecular weight excluding hydrogens is 218 g/mol. The molecule has 3 N–H and O–H groups in total. The number of aromatic amines is 1. The van der Waals surface area contributed by atoms with Crippen LogP contribution in [0.3, 0.4) is 0 Å². The minimum absolute atomic E-state index is 0.452. The summed E-state index contributed by atoms with van der Waals surface area (Å²) in [4.78, 5) is 0. The Morgan fingerprint density at radius 1 is 1.40 bits per heavy atom. The highest BCUT2D eigenvalue weighted by molar-refractivity contribution is 7.90. The Labute approximate surface area is 88.0 Å². The molecule has 1 aromatic heterocycles. The summed E-state index contributed by atoms with van der Waals surface area (Å²) in [5, 5.41) is 9.31. The monoisotopic (exact) mass is 231 g/mol. The van der Waals surface area contributed by atoms with Crippen LogP contribution in [0.5, 0.6) is 0 Å². The molecule has 2 rings (SSSR count). The van der Waals surface area contributed by atoms with Gasteiger partial charge in [0.05, 0.1) is 11.9 Å². The number of piperazine rings is 1. The molecule has 1 aromatic rings. The quantitative estimate of drug-likeness (QED) is 0.620. The number of anilines is 1. The number of nitrogens with zero attached hydrogens (tertiary/aromatic N) is 2. The second-order valence-corrected chi connectivity index (χ2v) is 4.91. The topological polar surface area (TPSA) is 90.1 Å². The lowest BCUT2D eigenvalue weighted by Crippen LogP contribution is -2.48. The van der Waals surface area contributed by atoms with Crippen molar-refractivity contribution in [3.63, 3.8) is 0 Å². The molecule has 0 amide bonds. The molecule has 1 aliphatic heterocycles. The summed E-state index contributed by atoms with van der Waals surface area (Å²) in [7, 11) is -3.42. The summed E-state index contributed by atoms with van der Waals surface area (Å²) in [5.74, 6) is 0. The van der Waals surface area contributed by atoms with E-state index in [-0.39, 0.29) is 0 Å². The van der Waals surface area contributed by atoms with E-state index in [1.807, 2.05) is 0 Å². The van der Waals surface area contributed by atoms with Gasteiger partial charge >= 0.3 is 10.2 Å². The molecule has 15 heavy (non-hydrogen) atoms. The van der Waals surface area contributed by atoms with Crippen LogP contribution < -0.4 is 10.0 Å². The van der Waals surface area contributed by atoms with Gasteiger partial charge in [-0.1, -0.05) is 0 Å². The Kier molecular flexibility index (Phi) is 2.89. The highest BCUT2D eigenvalue weighted by Crippen LogP contribution is 2.09. The van der Waals surface area contributed by atoms with Crippen molar-refractivity contribution in [1.82, 2.24) is 19.8 Å². The number of hydrogen-bond acceptors (Lipinski definition) is 4. The van der Waals surface area contributed by atoms with E-state index in [1.54, 1.807) is 0 Å². The summed E-state index contributed by atoms with van der Waals surface area (Å²) in [5.41, 5.74) is 0.452. The standard InChI is InChI=1S/C7H13N5O2S/c13-15(14,11-7-5-9-10-6-7)12-3-1-8-2-4-12/h5-6,8,11H,1-4H2,(H,9,10). The first-order chi connectivity index (χ1) is 7.18. The predicted octanol–water partition coefficient (Wildman–Crippen LogP) is -1.03. The van der Waals surface area contributed by atoms with E-state index in [1.165, 1.54) is 16.7 Å². The number of rotatable bonds is 3. The van der Waals surface area contributed by atoms with Gasteiger partial charge in [0.25, 0.3) is 0 Å². The molecule has 0 bridgehead atoms. The Balaban J connectivity index is 2.05. The Morgan fingerprint density at radius 3 is 2.73 bits per heavy atom. The van der Waals surface area contributed by atoms with Crippen molar-refractivity contribution in [1.29, 1.82) is 0 Å². The predicted molar refractivity (Wildman–Crippen MR) is 55.6 cm³/mol. The van der Waals surface area contributed by atoms with Crippen LogP contribution in [0.2, 0.25) is 0 Å². The van der Waals surface area contributed by atoms with Gasteiger partial charge in [-0.25, -0.2) is 0 Å². The number of H-pyrrole nitrogens is 1. The smallest absolute Gasteiger partial charge is 0.301 e. The minimum Gasteiger partial charge on any atom is -0.314 e. The van der Waals surface area contributed by atoms with Crippen LogP contribution in [0.15, 0.2) is 12.4 Å². The van der Waals surface area contributed by atoms with Crippen LogP contribution >= 0.6 is 0 Å². The first-order valence-electron chi connectivity index (χ1n) is 4.66. The van der Waals surface area contributed by atoms with Gasteiger partial charge < -0.3 is 5.32 Å². The fourth-order valence-corrected chi connectivity index (χ4v) is 2.61. The summed E-state index contributed by atoms with van der Waals surface area (Å²) >= 11 is 0. The zero-order valence-corrected chi connectivity index (χ0v) is 8.92. The van der Waals surface area contributed by atoms with Gasteiger partial charge in [-0.05, 0) is 0 Å². The highest BCUT2D eigenvalue weighted by atomic mass is 32.2. The van der Waals surface area contributed by atoms with E-state index >= 15 is 0 Å². The normalized spacial score (nSPS) is 18.9. The van der Waals surface area contributed by atoms with E-state index < -0.39 is 10.2 Å². The van der Waals surface area contributed by atoms with Crippen molar-refractivity contribution in [2.75, 3.05) is 30.9 Å². The van der Waals surface area contributed by atoms with E-state index in [0.717, 1.165) is 0 Å². The molecular formula is C7H13N5O2S. The lowest BCUT2D eigenvalue weighted by Gasteiger charge is -2.26. The van der Waals surface area contributed by atoms with Gasteiger partial charge in [-0.2, -0.15) is 17.8 Å². The van der Waals surface area contributed by atoms with Crippen molar-refractivity contribution in [3.05, 3.63) is 12.4 Å². The van der Waals surface area contributed by atoms with Gasteiger partial charge in [-0.3, -0.25) is 9.82 Å². The molecule has 0 unspecified atom stereocenters. The Bertz CT molecular complexity index is 395. The molecule has 7 nitrogen and oxygen atoms in total. The molecule has 1 aliphatic rings. The summed E-state index contributed by atoms with van der Waals surface area (Å²) in [6, 6.07) is 0. The van der Waals surface area contributed by atoms with Crippen LogP contribution in [0.4, 0.5) is 5.69 Å². The number of aromatic nitrogens is 2. The molecule has 0 spiro atoms. The van der Waals surface area contributed by atoms with Gasteiger partial charge in [0.1, 0.15) is 0 Å². The molecule has 8 heteroatoms. The third-order valence-corrected chi connectivity index (χ3v) is 3.70. The first kappa shape index (κ1) is 10.4. The second kappa shape index (κ2) is 4.17. The van der Waals surface area contributed by atoms with Crippen molar-refractivity contribution < 1.29 is 8.42 Å². The third-order valence-electron chi connectivity index (χ3n) is 2.16. The molecule has 0 atom stereocenters. The minimum atomic E-state index is -3.42. The molecule has 1 fully saturated rings. The maximum absolute atomic E-state index is 11.8. The van der Waals surface area contributed by atoms with Crippen LogP contribution in [0, 0.1) is 0 Å². The maximum Gasteiger partial charge on any atom is 0.301 e. The number of hydrogen-bond donors (Lipinski definition) is 3. The van der Waals surface area contributed by atoms with Gasteiger partial charge in [-0.15, -0.1) is 0 Å². The van der Waals surface area contributed by atoms with E-state index in [2.05, 4.69) is 20.2 Å². The average Bonchev–Trinajstić information content (AvgIpc) is 2.71. The second-order valence-electron chi connectivity index (χ2n) is 3.24. The van der Waals surface area contributed by atoms with Crippen LogP contribution in [0.1, 0.15) is 0 Å². The van der Waals surface area contributed by atoms with Gasteiger partial charge in [0.2, 0.25) is 0 Å². The molecule has 0 saturated carbocycles. The summed E-state index contributed by atoms with van der Waals surface area (Å²) in [6.07, 6.45) is 2.93. The lowest BCUT2D eigenvalue weighted by molar-refractivity contribution is 0.362. The van der Waals surface area contributed by atoms with E-state index in [4.69, 9.17) is 0 Å². The Morgan fingerprint density at radius 2 is 2.13 bits per heavy atom. The van der Waals surface area contributed by atoms with Crippen LogP contribution in [-0.4, -0.2) is 49.1 Å². The largest absolute Gasteiger partial charge is 0.314 e. The fraction of sp³-hybridized carbons (Fsp3) is 0.571. The van der Waals surface area contributed by atoms with Crippen LogP contribution in [0.25, 0.3) is 0 Å². The summed E-state index contributed by atoms with van der Waals surface area (Å²) in [6.45, 7) is 2.36. The van der Waals surface area contributed by atoms with Crippen LogP contribution in [-0.2, 0) is 10.2 Å². The molecule has 84 valence electrons. The third kappa shape index (κ3) is 2.46. The molecule has 2 heterocycles. The van der Waals surface area contributed by atoms with Gasteiger partial charge in [0.15, 0.2) is 0 Å². The van der Waals surface area contributed by atoms with Crippen molar-refractivity contribution >= 4 is 15.9 Å². The number of nitrogens with one attached hydrogen (secondary N) is 3. The van der Waals surface area contributed by atoms with Crippen molar-refractivity contribution in [3.8, 4) is 0 Å². The SMILES string of the molecule is O=S(=O)(Nc1cn[nH]c1)N1CCNCC1. The van der Waals surface area contributed by atoms with Crippen molar-refractivity contribution in [2.24, 2.45) is 0 Å². The van der Waals surface area contributed by atoms with Crippen molar-refractivity contribution in [2.45, 2.75) is 0 Å². The van der Waals surface area contributed by atoms with E-state index in [9.17, 15) is 8.42 Å². The summed E-state index contributed by atoms with van der Waals surface area (Å²) < 4.78 is 27.5.